The number of fused-ring (bicyclic) bond motifs is 2. The van der Waals surface area contributed by atoms with Gasteiger partial charge in [-0.05, 0) is 60.8 Å². The lowest BCUT2D eigenvalue weighted by atomic mass is 9.99. The zero-order valence-corrected chi connectivity index (χ0v) is 14.7. The van der Waals surface area contributed by atoms with E-state index >= 15 is 0 Å². The third-order valence-electron chi connectivity index (χ3n) is 4.83. The highest BCUT2D eigenvalue weighted by Crippen LogP contribution is 2.38. The monoisotopic (exact) mass is 376 g/mol. The molecule has 136 valence electrons. The first-order chi connectivity index (χ1) is 12.5. The number of sulfonamides is 1. The summed E-state index contributed by atoms with van der Waals surface area (Å²) in [5.74, 6) is -1.12. The molecule has 0 fully saturated rings. The number of hydrogen-bond donors (Lipinski definition) is 2. The molecule has 0 saturated heterocycles. The number of aryl methyl sites for hydroxylation is 2. The standard InChI is InChI=1S/C17H17FN4O3S/c18-14-8-19-9-20-16(14)26(24,25)22-17(23)21-15-12-5-1-3-10(12)7-11-4-2-6-13(11)15/h7-9H,1-6H2,(H2,21,22,23). The summed E-state index contributed by atoms with van der Waals surface area (Å²) in [6.07, 6.45) is 7.30. The summed E-state index contributed by atoms with van der Waals surface area (Å²) in [4.78, 5) is 19.2. The van der Waals surface area contributed by atoms with Gasteiger partial charge in [0.15, 0.2) is 5.82 Å². The quantitative estimate of drug-likeness (QED) is 0.799. The van der Waals surface area contributed by atoms with Crippen molar-refractivity contribution in [3.8, 4) is 0 Å². The number of carbonyl (C=O) groups excluding carboxylic acids is 1. The first-order valence-electron chi connectivity index (χ1n) is 8.41. The molecule has 1 aromatic carbocycles. The number of benzene rings is 1. The van der Waals surface area contributed by atoms with Gasteiger partial charge in [0.25, 0.3) is 10.0 Å². The van der Waals surface area contributed by atoms with E-state index in [1.165, 1.54) is 11.1 Å². The lowest BCUT2D eigenvalue weighted by molar-refractivity contribution is 0.256. The zero-order valence-electron chi connectivity index (χ0n) is 13.9. The molecule has 0 saturated carbocycles. The first-order valence-corrected chi connectivity index (χ1v) is 9.90. The van der Waals surface area contributed by atoms with E-state index in [1.807, 2.05) is 4.72 Å². The van der Waals surface area contributed by atoms with Gasteiger partial charge in [-0.2, -0.15) is 8.42 Å². The highest BCUT2D eigenvalue weighted by Gasteiger charge is 2.27. The molecule has 0 spiro atoms. The Morgan fingerprint density at radius 2 is 1.73 bits per heavy atom. The van der Waals surface area contributed by atoms with Gasteiger partial charge in [0.2, 0.25) is 5.03 Å². The molecule has 1 heterocycles. The molecule has 2 aliphatic carbocycles. The number of halogens is 1. The molecular weight excluding hydrogens is 359 g/mol. The zero-order chi connectivity index (χ0) is 18.3. The van der Waals surface area contributed by atoms with Gasteiger partial charge in [-0.3, -0.25) is 0 Å². The molecule has 2 aliphatic rings. The van der Waals surface area contributed by atoms with E-state index in [4.69, 9.17) is 0 Å². The molecule has 0 atom stereocenters. The molecule has 0 aliphatic heterocycles. The van der Waals surface area contributed by atoms with Crippen molar-refractivity contribution in [2.75, 3.05) is 5.32 Å². The van der Waals surface area contributed by atoms with Crippen molar-refractivity contribution in [2.45, 2.75) is 43.6 Å². The Morgan fingerprint density at radius 1 is 1.08 bits per heavy atom. The van der Waals surface area contributed by atoms with E-state index in [2.05, 4.69) is 21.4 Å². The highest BCUT2D eigenvalue weighted by molar-refractivity contribution is 7.90. The Balaban J connectivity index is 1.61. The summed E-state index contributed by atoms with van der Waals surface area (Å²) in [6.45, 7) is 0. The number of hydrogen-bond acceptors (Lipinski definition) is 5. The minimum Gasteiger partial charge on any atom is -0.307 e. The van der Waals surface area contributed by atoms with Crippen LogP contribution in [0, 0.1) is 5.82 Å². The average molecular weight is 376 g/mol. The van der Waals surface area contributed by atoms with E-state index in [9.17, 15) is 17.6 Å². The van der Waals surface area contributed by atoms with Crippen LogP contribution in [-0.4, -0.2) is 24.4 Å². The van der Waals surface area contributed by atoms with E-state index < -0.39 is 26.9 Å². The molecule has 2 aromatic rings. The number of nitrogens with one attached hydrogen (secondary N) is 2. The van der Waals surface area contributed by atoms with E-state index in [0.717, 1.165) is 62.2 Å². The molecule has 9 heteroatoms. The maximum atomic E-state index is 13.6. The summed E-state index contributed by atoms with van der Waals surface area (Å²) in [7, 11) is -4.43. The van der Waals surface area contributed by atoms with E-state index in [1.54, 1.807) is 0 Å². The molecule has 0 bridgehead atoms. The van der Waals surface area contributed by atoms with Crippen LogP contribution in [-0.2, 0) is 35.7 Å². The van der Waals surface area contributed by atoms with Gasteiger partial charge < -0.3 is 5.32 Å². The molecular formula is C17H17FN4O3S. The third kappa shape index (κ3) is 2.92. The van der Waals surface area contributed by atoms with Crippen molar-refractivity contribution in [3.63, 3.8) is 0 Å². The smallest absolute Gasteiger partial charge is 0.307 e. The van der Waals surface area contributed by atoms with Gasteiger partial charge in [-0.1, -0.05) is 6.07 Å². The minimum absolute atomic E-state index is 0.711. The van der Waals surface area contributed by atoms with Crippen molar-refractivity contribution in [3.05, 3.63) is 46.7 Å². The Kier molecular flexibility index (Phi) is 4.10. The number of anilines is 1. The summed E-state index contributed by atoms with van der Waals surface area (Å²) in [5, 5.41) is 1.84. The van der Waals surface area contributed by atoms with Crippen LogP contribution in [0.1, 0.15) is 35.1 Å². The van der Waals surface area contributed by atoms with Crippen molar-refractivity contribution < 1.29 is 17.6 Å². The van der Waals surface area contributed by atoms with Gasteiger partial charge in [0, 0.05) is 5.69 Å². The van der Waals surface area contributed by atoms with Crippen molar-refractivity contribution in [1.82, 2.24) is 14.7 Å². The van der Waals surface area contributed by atoms with E-state index in [0.29, 0.717) is 5.69 Å². The lowest BCUT2D eigenvalue weighted by Crippen LogP contribution is -2.35. The normalized spacial score (nSPS) is 15.4. The maximum Gasteiger partial charge on any atom is 0.333 e. The number of amides is 2. The molecule has 0 unspecified atom stereocenters. The van der Waals surface area contributed by atoms with Crippen LogP contribution in [0.4, 0.5) is 14.9 Å². The molecule has 1 aromatic heterocycles. The molecule has 0 radical (unpaired) electrons. The maximum absolute atomic E-state index is 13.6. The second-order valence-electron chi connectivity index (χ2n) is 6.47. The number of rotatable bonds is 3. The lowest BCUT2D eigenvalue weighted by Gasteiger charge is -2.16. The number of urea groups is 1. The summed E-state index contributed by atoms with van der Waals surface area (Å²) >= 11 is 0. The fourth-order valence-electron chi connectivity index (χ4n) is 3.78. The van der Waals surface area contributed by atoms with Gasteiger partial charge >= 0.3 is 6.03 Å². The van der Waals surface area contributed by atoms with Crippen LogP contribution in [0.15, 0.2) is 23.6 Å². The van der Waals surface area contributed by atoms with Gasteiger partial charge in [-0.15, -0.1) is 0 Å². The topological polar surface area (TPSA) is 101 Å². The second-order valence-corrected chi connectivity index (χ2v) is 8.07. The fraction of sp³-hybridized carbons (Fsp3) is 0.353. The number of nitrogens with zero attached hydrogens (tertiary/aromatic N) is 2. The van der Waals surface area contributed by atoms with Crippen molar-refractivity contribution in [1.29, 1.82) is 0 Å². The Hall–Kier alpha value is -2.55. The van der Waals surface area contributed by atoms with Crippen LogP contribution in [0.2, 0.25) is 0 Å². The average Bonchev–Trinajstić information content (AvgIpc) is 3.23. The predicted molar refractivity (Wildman–Crippen MR) is 91.8 cm³/mol. The van der Waals surface area contributed by atoms with Crippen LogP contribution >= 0.6 is 0 Å². The Bertz CT molecular complexity index is 975. The van der Waals surface area contributed by atoms with Gasteiger partial charge in [0.1, 0.15) is 6.33 Å². The number of aromatic nitrogens is 2. The third-order valence-corrected chi connectivity index (χ3v) is 6.09. The SMILES string of the molecule is O=C(Nc1c2c(cc3c1CCC3)CCC2)NS(=O)(=O)c1ncncc1F. The number of carbonyl (C=O) groups is 1. The van der Waals surface area contributed by atoms with Crippen LogP contribution in [0.5, 0.6) is 0 Å². The van der Waals surface area contributed by atoms with Crippen LogP contribution < -0.4 is 10.0 Å². The largest absolute Gasteiger partial charge is 0.333 e. The first kappa shape index (κ1) is 16.9. The Morgan fingerprint density at radius 3 is 2.35 bits per heavy atom. The van der Waals surface area contributed by atoms with E-state index in [-0.39, 0.29) is 0 Å². The summed E-state index contributed by atoms with van der Waals surface area (Å²) in [5.41, 5.74) is 5.29. The van der Waals surface area contributed by atoms with Gasteiger partial charge in [-0.25, -0.2) is 23.9 Å². The fourth-order valence-corrected chi connectivity index (χ4v) is 4.66. The van der Waals surface area contributed by atoms with Crippen LogP contribution in [0.3, 0.4) is 0 Å². The summed E-state index contributed by atoms with van der Waals surface area (Å²) in [6, 6.07) is 1.29. The molecule has 2 N–H and O–H groups in total. The molecule has 4 rings (SSSR count). The molecule has 2 amide bonds. The molecule has 26 heavy (non-hydrogen) atoms. The molecule has 7 nitrogen and oxygen atoms in total. The minimum atomic E-state index is -4.43. The highest BCUT2D eigenvalue weighted by atomic mass is 32.2. The predicted octanol–water partition coefficient (Wildman–Crippen LogP) is 2.10. The van der Waals surface area contributed by atoms with Gasteiger partial charge in [0.05, 0.1) is 6.20 Å². The Labute approximate surface area is 150 Å². The second kappa shape index (κ2) is 6.31. The van der Waals surface area contributed by atoms with Crippen molar-refractivity contribution >= 4 is 21.7 Å². The van der Waals surface area contributed by atoms with Crippen molar-refractivity contribution in [2.24, 2.45) is 0 Å². The summed E-state index contributed by atoms with van der Waals surface area (Å²) < 4.78 is 39.9. The van der Waals surface area contributed by atoms with Crippen LogP contribution in [0.25, 0.3) is 0 Å².